The van der Waals surface area contributed by atoms with Crippen molar-refractivity contribution in [3.8, 4) is 0 Å². The van der Waals surface area contributed by atoms with Crippen LogP contribution in [0.5, 0.6) is 0 Å². The fourth-order valence-electron chi connectivity index (χ4n) is 2.02. The lowest BCUT2D eigenvalue weighted by Gasteiger charge is -2.18. The van der Waals surface area contributed by atoms with Crippen molar-refractivity contribution >= 4 is 10.0 Å². The van der Waals surface area contributed by atoms with Crippen LogP contribution in [0, 0.1) is 0 Å². The van der Waals surface area contributed by atoms with E-state index in [1.165, 1.54) is 0 Å². The van der Waals surface area contributed by atoms with Gasteiger partial charge < -0.3 is 10.1 Å². The molecule has 1 atom stereocenters. The first-order valence-electron chi connectivity index (χ1n) is 6.67. The fourth-order valence-corrected chi connectivity index (χ4v) is 3.52. The molecule has 0 aliphatic heterocycles. The van der Waals surface area contributed by atoms with Gasteiger partial charge in [-0.15, -0.1) is 0 Å². The summed E-state index contributed by atoms with van der Waals surface area (Å²) in [6.45, 7) is 4.14. The molecule has 0 fully saturated rings. The van der Waals surface area contributed by atoms with Crippen LogP contribution in [0.3, 0.4) is 0 Å². The van der Waals surface area contributed by atoms with Gasteiger partial charge in [0.15, 0.2) is 0 Å². The van der Waals surface area contributed by atoms with E-state index in [-0.39, 0.29) is 12.1 Å². The van der Waals surface area contributed by atoms with E-state index < -0.39 is 10.0 Å². The summed E-state index contributed by atoms with van der Waals surface area (Å²) >= 11 is 0. The van der Waals surface area contributed by atoms with Gasteiger partial charge in [-0.3, -0.25) is 0 Å². The van der Waals surface area contributed by atoms with E-state index in [4.69, 9.17) is 4.74 Å². The maximum atomic E-state index is 12.3. The molecule has 0 aliphatic carbocycles. The Labute approximate surface area is 121 Å². The highest BCUT2D eigenvalue weighted by molar-refractivity contribution is 7.89. The lowest BCUT2D eigenvalue weighted by atomic mass is 10.1. The van der Waals surface area contributed by atoms with Crippen LogP contribution >= 0.6 is 0 Å². The summed E-state index contributed by atoms with van der Waals surface area (Å²) in [5.74, 6) is 0. The SMILES string of the molecule is CNC(COC)Cc1ccccc1S(=O)(=O)NC(C)C. The number of methoxy groups -OCH3 is 1. The summed E-state index contributed by atoms with van der Waals surface area (Å²) in [6, 6.07) is 7.02. The molecule has 0 amide bonds. The maximum absolute atomic E-state index is 12.3. The quantitative estimate of drug-likeness (QED) is 0.756. The third kappa shape index (κ3) is 4.86. The summed E-state index contributed by atoms with van der Waals surface area (Å²) in [7, 11) is -0.00488. The molecule has 6 heteroatoms. The summed E-state index contributed by atoms with van der Waals surface area (Å²) in [4.78, 5) is 0.338. The van der Waals surface area contributed by atoms with Crippen LogP contribution in [0.2, 0.25) is 0 Å². The Bertz CT molecular complexity index is 515. The van der Waals surface area contributed by atoms with Crippen molar-refractivity contribution in [3.63, 3.8) is 0 Å². The number of sulfonamides is 1. The van der Waals surface area contributed by atoms with E-state index in [1.807, 2.05) is 33.0 Å². The Morgan fingerprint density at radius 1 is 1.25 bits per heavy atom. The first-order valence-corrected chi connectivity index (χ1v) is 8.15. The molecule has 1 aromatic carbocycles. The van der Waals surface area contributed by atoms with Crippen LogP contribution in [0.25, 0.3) is 0 Å². The Kier molecular flexibility index (Phi) is 6.61. The smallest absolute Gasteiger partial charge is 0.241 e. The van der Waals surface area contributed by atoms with Gasteiger partial charge in [-0.05, 0) is 38.9 Å². The Balaban J connectivity index is 3.04. The van der Waals surface area contributed by atoms with Crippen molar-refractivity contribution in [2.75, 3.05) is 20.8 Å². The summed E-state index contributed by atoms with van der Waals surface area (Å²) in [5, 5.41) is 3.13. The van der Waals surface area contributed by atoms with Gasteiger partial charge >= 0.3 is 0 Å². The second kappa shape index (κ2) is 7.73. The number of benzene rings is 1. The van der Waals surface area contributed by atoms with E-state index >= 15 is 0 Å². The molecule has 0 saturated carbocycles. The zero-order valence-electron chi connectivity index (χ0n) is 12.5. The summed E-state index contributed by atoms with van der Waals surface area (Å²) in [6.07, 6.45) is 0.597. The van der Waals surface area contributed by atoms with Crippen molar-refractivity contribution in [1.29, 1.82) is 0 Å². The molecule has 20 heavy (non-hydrogen) atoms. The molecule has 1 aromatic rings. The standard InChI is InChI=1S/C14H24N2O3S/c1-11(2)16-20(17,18)14-8-6-5-7-12(14)9-13(15-3)10-19-4/h5-8,11,13,15-16H,9-10H2,1-4H3. The topological polar surface area (TPSA) is 67.4 Å². The first-order chi connectivity index (χ1) is 9.40. The Morgan fingerprint density at radius 3 is 2.45 bits per heavy atom. The molecule has 114 valence electrons. The second-order valence-electron chi connectivity index (χ2n) is 5.03. The van der Waals surface area contributed by atoms with Crippen molar-refractivity contribution in [3.05, 3.63) is 29.8 Å². The molecule has 1 unspecified atom stereocenters. The van der Waals surface area contributed by atoms with E-state index in [0.717, 1.165) is 5.56 Å². The Morgan fingerprint density at radius 2 is 1.90 bits per heavy atom. The number of rotatable bonds is 8. The molecule has 2 N–H and O–H groups in total. The number of nitrogens with one attached hydrogen (secondary N) is 2. The largest absolute Gasteiger partial charge is 0.383 e. The van der Waals surface area contributed by atoms with E-state index in [1.54, 1.807) is 19.2 Å². The van der Waals surface area contributed by atoms with Crippen molar-refractivity contribution in [2.24, 2.45) is 0 Å². The molecule has 0 aromatic heterocycles. The fraction of sp³-hybridized carbons (Fsp3) is 0.571. The minimum Gasteiger partial charge on any atom is -0.383 e. The summed E-state index contributed by atoms with van der Waals surface area (Å²) in [5.41, 5.74) is 0.789. The van der Waals surface area contributed by atoms with Crippen molar-refractivity contribution in [2.45, 2.75) is 37.2 Å². The van der Waals surface area contributed by atoms with Crippen LogP contribution in [0.4, 0.5) is 0 Å². The van der Waals surface area contributed by atoms with Gasteiger partial charge in [0.2, 0.25) is 10.0 Å². The normalized spacial score (nSPS) is 13.7. The van der Waals surface area contributed by atoms with Crippen LogP contribution < -0.4 is 10.0 Å². The highest BCUT2D eigenvalue weighted by Crippen LogP contribution is 2.17. The predicted octanol–water partition coefficient (Wildman–Crippen LogP) is 1.15. The van der Waals surface area contributed by atoms with Gasteiger partial charge in [0.05, 0.1) is 11.5 Å². The maximum Gasteiger partial charge on any atom is 0.241 e. The van der Waals surface area contributed by atoms with Gasteiger partial charge in [-0.1, -0.05) is 18.2 Å². The van der Waals surface area contributed by atoms with Crippen LogP contribution in [-0.2, 0) is 21.2 Å². The molecule has 1 rings (SSSR count). The number of hydrogen-bond donors (Lipinski definition) is 2. The molecule has 0 bridgehead atoms. The summed E-state index contributed by atoms with van der Waals surface area (Å²) < 4.78 is 32.4. The number of ether oxygens (including phenoxy) is 1. The van der Waals surface area contributed by atoms with Gasteiger partial charge in [0, 0.05) is 19.2 Å². The van der Waals surface area contributed by atoms with Crippen molar-refractivity contribution in [1.82, 2.24) is 10.0 Å². The molecule has 0 saturated heterocycles. The highest BCUT2D eigenvalue weighted by atomic mass is 32.2. The molecule has 0 radical (unpaired) electrons. The van der Waals surface area contributed by atoms with E-state index in [0.29, 0.717) is 17.9 Å². The van der Waals surface area contributed by atoms with E-state index in [9.17, 15) is 8.42 Å². The van der Waals surface area contributed by atoms with Gasteiger partial charge in [0.25, 0.3) is 0 Å². The first kappa shape index (κ1) is 17.1. The van der Waals surface area contributed by atoms with Crippen LogP contribution in [-0.4, -0.2) is 41.3 Å². The highest BCUT2D eigenvalue weighted by Gasteiger charge is 2.20. The average molecular weight is 300 g/mol. The molecule has 0 heterocycles. The van der Waals surface area contributed by atoms with Crippen LogP contribution in [0.15, 0.2) is 29.2 Å². The molecule has 0 aliphatic rings. The third-order valence-electron chi connectivity index (χ3n) is 2.90. The molecule has 5 nitrogen and oxygen atoms in total. The van der Waals surface area contributed by atoms with Crippen molar-refractivity contribution < 1.29 is 13.2 Å². The zero-order chi connectivity index (χ0) is 15.2. The minimum absolute atomic E-state index is 0.0791. The number of likely N-dealkylation sites (N-methyl/N-ethyl adjacent to an activating group) is 1. The molecular weight excluding hydrogens is 276 g/mol. The third-order valence-corrected chi connectivity index (χ3v) is 4.65. The molecular formula is C14H24N2O3S. The number of hydrogen-bond acceptors (Lipinski definition) is 4. The zero-order valence-corrected chi connectivity index (χ0v) is 13.3. The molecule has 0 spiro atoms. The van der Waals surface area contributed by atoms with Gasteiger partial charge in [0.1, 0.15) is 0 Å². The Hall–Kier alpha value is -0.950. The van der Waals surface area contributed by atoms with Gasteiger partial charge in [-0.2, -0.15) is 0 Å². The van der Waals surface area contributed by atoms with Gasteiger partial charge in [-0.25, -0.2) is 13.1 Å². The van der Waals surface area contributed by atoms with Crippen LogP contribution in [0.1, 0.15) is 19.4 Å². The second-order valence-corrected chi connectivity index (χ2v) is 6.71. The minimum atomic E-state index is -3.48. The monoisotopic (exact) mass is 300 g/mol. The van der Waals surface area contributed by atoms with E-state index in [2.05, 4.69) is 10.0 Å². The lowest BCUT2D eigenvalue weighted by Crippen LogP contribution is -2.34. The lowest BCUT2D eigenvalue weighted by molar-refractivity contribution is 0.169. The average Bonchev–Trinajstić information content (AvgIpc) is 2.37. The predicted molar refractivity (Wildman–Crippen MR) is 80.3 cm³/mol.